The number of ether oxygens (including phenoxy) is 1. The van der Waals surface area contributed by atoms with E-state index in [9.17, 15) is 9.59 Å². The van der Waals surface area contributed by atoms with E-state index in [0.29, 0.717) is 23.0 Å². The van der Waals surface area contributed by atoms with Gasteiger partial charge in [0.15, 0.2) is 0 Å². The molecule has 1 N–H and O–H groups in total. The third-order valence-corrected chi connectivity index (χ3v) is 5.85. The van der Waals surface area contributed by atoms with Gasteiger partial charge in [-0.25, -0.2) is 0 Å². The Labute approximate surface area is 169 Å². The van der Waals surface area contributed by atoms with E-state index in [2.05, 4.69) is 29.4 Å². The van der Waals surface area contributed by atoms with Gasteiger partial charge in [-0.05, 0) is 43.0 Å². The lowest BCUT2D eigenvalue weighted by molar-refractivity contribution is -0.133. The SMILES string of the molecule is COc1ccc(NC(=O)c2nnc(C3CCN(C(=O)CC(C)C)CC3)s2)cc1. The van der Waals surface area contributed by atoms with Crippen LogP contribution in [0.5, 0.6) is 5.75 Å². The van der Waals surface area contributed by atoms with E-state index >= 15 is 0 Å². The fraction of sp³-hybridized carbons (Fsp3) is 0.500. The first-order chi connectivity index (χ1) is 13.5. The van der Waals surface area contributed by atoms with Gasteiger partial charge in [-0.3, -0.25) is 9.59 Å². The van der Waals surface area contributed by atoms with Gasteiger partial charge in [-0.1, -0.05) is 25.2 Å². The first-order valence-electron chi connectivity index (χ1n) is 9.53. The van der Waals surface area contributed by atoms with Gasteiger partial charge >= 0.3 is 0 Å². The number of amides is 2. The Hall–Kier alpha value is -2.48. The molecule has 150 valence electrons. The molecule has 3 rings (SSSR count). The Morgan fingerprint density at radius 3 is 2.50 bits per heavy atom. The summed E-state index contributed by atoms with van der Waals surface area (Å²) in [6, 6.07) is 7.14. The van der Waals surface area contributed by atoms with Crippen molar-refractivity contribution in [3.05, 3.63) is 34.3 Å². The number of methoxy groups -OCH3 is 1. The number of carbonyl (C=O) groups excluding carboxylic acids is 2. The van der Waals surface area contributed by atoms with E-state index in [1.807, 2.05) is 4.90 Å². The average Bonchev–Trinajstić information content (AvgIpc) is 3.18. The van der Waals surface area contributed by atoms with Crippen LogP contribution in [0.2, 0.25) is 0 Å². The molecule has 0 bridgehead atoms. The Morgan fingerprint density at radius 2 is 1.89 bits per heavy atom. The molecule has 2 amide bonds. The van der Waals surface area contributed by atoms with Gasteiger partial charge in [0.1, 0.15) is 10.8 Å². The van der Waals surface area contributed by atoms with Crippen molar-refractivity contribution in [2.45, 2.75) is 39.0 Å². The number of piperidine rings is 1. The summed E-state index contributed by atoms with van der Waals surface area (Å²) in [6.45, 7) is 5.60. The number of hydrogen-bond donors (Lipinski definition) is 1. The molecular formula is C20H26N4O3S. The molecule has 0 atom stereocenters. The van der Waals surface area contributed by atoms with Crippen molar-refractivity contribution in [3.8, 4) is 5.75 Å². The number of likely N-dealkylation sites (tertiary alicyclic amines) is 1. The van der Waals surface area contributed by atoms with Crippen LogP contribution in [0.3, 0.4) is 0 Å². The molecule has 8 heteroatoms. The lowest BCUT2D eigenvalue weighted by atomic mass is 9.97. The van der Waals surface area contributed by atoms with E-state index < -0.39 is 0 Å². The van der Waals surface area contributed by atoms with Crippen LogP contribution in [-0.2, 0) is 4.79 Å². The van der Waals surface area contributed by atoms with Gasteiger partial charge in [-0.2, -0.15) is 0 Å². The van der Waals surface area contributed by atoms with Crippen LogP contribution in [0.4, 0.5) is 5.69 Å². The highest BCUT2D eigenvalue weighted by atomic mass is 32.1. The van der Waals surface area contributed by atoms with Crippen LogP contribution in [0.25, 0.3) is 0 Å². The summed E-state index contributed by atoms with van der Waals surface area (Å²) in [6.07, 6.45) is 2.32. The molecule has 2 aromatic rings. The number of rotatable bonds is 6. The van der Waals surface area contributed by atoms with E-state index in [-0.39, 0.29) is 17.7 Å². The van der Waals surface area contributed by atoms with Crippen LogP contribution < -0.4 is 10.1 Å². The minimum absolute atomic E-state index is 0.227. The summed E-state index contributed by atoms with van der Waals surface area (Å²) in [5, 5.41) is 12.3. The highest BCUT2D eigenvalue weighted by molar-refractivity contribution is 7.13. The topological polar surface area (TPSA) is 84.4 Å². The second kappa shape index (κ2) is 9.14. The van der Waals surface area contributed by atoms with Crippen LogP contribution in [0.1, 0.15) is 53.8 Å². The molecule has 1 saturated heterocycles. The number of carbonyl (C=O) groups is 2. The van der Waals surface area contributed by atoms with Gasteiger partial charge in [0.25, 0.3) is 5.91 Å². The number of hydrogen-bond acceptors (Lipinski definition) is 6. The zero-order valence-electron chi connectivity index (χ0n) is 16.5. The third kappa shape index (κ3) is 5.07. The standard InChI is InChI=1S/C20H26N4O3S/c1-13(2)12-17(25)24-10-8-14(9-11-24)19-22-23-20(28-19)18(26)21-15-4-6-16(27-3)7-5-15/h4-7,13-14H,8-12H2,1-3H3,(H,21,26). The predicted molar refractivity (Wildman–Crippen MR) is 109 cm³/mol. The van der Waals surface area contributed by atoms with Crippen molar-refractivity contribution in [2.24, 2.45) is 5.92 Å². The summed E-state index contributed by atoms with van der Waals surface area (Å²) in [5.41, 5.74) is 0.680. The van der Waals surface area contributed by atoms with Crippen molar-refractivity contribution in [1.29, 1.82) is 0 Å². The molecule has 7 nitrogen and oxygen atoms in total. The van der Waals surface area contributed by atoms with Crippen molar-refractivity contribution in [2.75, 3.05) is 25.5 Å². The monoisotopic (exact) mass is 402 g/mol. The zero-order valence-corrected chi connectivity index (χ0v) is 17.3. The van der Waals surface area contributed by atoms with Crippen molar-refractivity contribution in [3.63, 3.8) is 0 Å². The van der Waals surface area contributed by atoms with Gasteiger partial charge in [0.2, 0.25) is 10.9 Å². The second-order valence-corrected chi connectivity index (χ2v) is 8.39. The molecule has 2 heterocycles. The van der Waals surface area contributed by atoms with Crippen LogP contribution in [0.15, 0.2) is 24.3 Å². The molecule has 1 aromatic heterocycles. The Balaban J connectivity index is 1.55. The average molecular weight is 403 g/mol. The molecule has 28 heavy (non-hydrogen) atoms. The fourth-order valence-electron chi connectivity index (χ4n) is 3.20. The quantitative estimate of drug-likeness (QED) is 0.799. The molecule has 0 saturated carbocycles. The van der Waals surface area contributed by atoms with Crippen molar-refractivity contribution in [1.82, 2.24) is 15.1 Å². The van der Waals surface area contributed by atoms with E-state index in [1.165, 1.54) is 11.3 Å². The molecule has 0 spiro atoms. The molecular weight excluding hydrogens is 376 g/mol. The zero-order chi connectivity index (χ0) is 20.1. The van der Waals surface area contributed by atoms with E-state index in [1.54, 1.807) is 31.4 Å². The van der Waals surface area contributed by atoms with Gasteiger partial charge in [0.05, 0.1) is 7.11 Å². The summed E-state index contributed by atoms with van der Waals surface area (Å²) in [4.78, 5) is 26.6. The number of anilines is 1. The van der Waals surface area contributed by atoms with Crippen molar-refractivity contribution >= 4 is 28.8 Å². The molecule has 1 aliphatic heterocycles. The Morgan fingerprint density at radius 1 is 1.21 bits per heavy atom. The van der Waals surface area contributed by atoms with Gasteiger partial charge in [0, 0.05) is 31.1 Å². The Kier molecular flexibility index (Phi) is 6.61. The van der Waals surface area contributed by atoms with Gasteiger partial charge < -0.3 is 15.0 Å². The minimum atomic E-state index is -0.265. The molecule has 1 fully saturated rings. The number of nitrogens with one attached hydrogen (secondary N) is 1. The lowest BCUT2D eigenvalue weighted by Crippen LogP contribution is -2.38. The van der Waals surface area contributed by atoms with Gasteiger partial charge in [-0.15, -0.1) is 10.2 Å². The lowest BCUT2D eigenvalue weighted by Gasteiger charge is -2.31. The minimum Gasteiger partial charge on any atom is -0.497 e. The maximum Gasteiger partial charge on any atom is 0.286 e. The number of benzene rings is 1. The van der Waals surface area contributed by atoms with Crippen molar-refractivity contribution < 1.29 is 14.3 Å². The molecule has 1 aromatic carbocycles. The molecule has 0 unspecified atom stereocenters. The molecule has 0 radical (unpaired) electrons. The first-order valence-corrected chi connectivity index (χ1v) is 10.3. The summed E-state index contributed by atoms with van der Waals surface area (Å²) < 4.78 is 5.11. The predicted octanol–water partition coefficient (Wildman–Crippen LogP) is 3.55. The Bertz CT molecular complexity index is 811. The smallest absolute Gasteiger partial charge is 0.286 e. The summed E-state index contributed by atoms with van der Waals surface area (Å²) >= 11 is 1.33. The first kappa shape index (κ1) is 20.3. The van der Waals surface area contributed by atoms with E-state index in [0.717, 1.165) is 36.7 Å². The largest absolute Gasteiger partial charge is 0.497 e. The summed E-state index contributed by atoms with van der Waals surface area (Å²) in [7, 11) is 1.60. The maximum absolute atomic E-state index is 12.4. The van der Waals surface area contributed by atoms with Crippen LogP contribution in [-0.4, -0.2) is 47.1 Å². The summed E-state index contributed by atoms with van der Waals surface area (Å²) in [5.74, 6) is 1.32. The molecule has 1 aliphatic rings. The highest BCUT2D eigenvalue weighted by Crippen LogP contribution is 2.30. The van der Waals surface area contributed by atoms with E-state index in [4.69, 9.17) is 4.74 Å². The second-order valence-electron chi connectivity index (χ2n) is 7.38. The highest BCUT2D eigenvalue weighted by Gasteiger charge is 2.27. The maximum atomic E-state index is 12.4. The molecule has 0 aliphatic carbocycles. The third-order valence-electron chi connectivity index (χ3n) is 4.76. The van der Waals surface area contributed by atoms with Crippen LogP contribution >= 0.6 is 11.3 Å². The fourth-order valence-corrected chi connectivity index (χ4v) is 4.11. The normalized spacial score (nSPS) is 14.9. The van der Waals surface area contributed by atoms with Crippen LogP contribution in [0, 0.1) is 5.92 Å². The number of aromatic nitrogens is 2. The number of nitrogens with zero attached hydrogens (tertiary/aromatic N) is 3.